The minimum absolute atomic E-state index is 0.0610. The van der Waals surface area contributed by atoms with Crippen LogP contribution in [0.15, 0.2) is 0 Å². The first-order valence-electron chi connectivity index (χ1n) is 5.76. The summed E-state index contributed by atoms with van der Waals surface area (Å²) >= 11 is 0. The monoisotopic (exact) mass is 273 g/mol. The SMILES string of the molecule is CC(=O)NCCN(C(=O)CNC(C)=O)C(C)C(=O)O. The van der Waals surface area contributed by atoms with Crippen LogP contribution in [-0.4, -0.2) is 59.4 Å². The van der Waals surface area contributed by atoms with Gasteiger partial charge in [0.2, 0.25) is 17.7 Å². The molecule has 8 heteroatoms. The molecule has 0 bridgehead atoms. The normalized spacial score (nSPS) is 11.3. The summed E-state index contributed by atoms with van der Waals surface area (Å²) in [5.74, 6) is -2.31. The molecule has 0 aromatic rings. The molecule has 0 rings (SSSR count). The minimum Gasteiger partial charge on any atom is -0.480 e. The first kappa shape index (κ1) is 16.9. The van der Waals surface area contributed by atoms with E-state index in [-0.39, 0.29) is 31.4 Å². The molecule has 0 aromatic heterocycles. The van der Waals surface area contributed by atoms with E-state index in [0.29, 0.717) is 0 Å². The van der Waals surface area contributed by atoms with Gasteiger partial charge in [-0.1, -0.05) is 0 Å². The number of aliphatic carboxylic acids is 1. The van der Waals surface area contributed by atoms with Crippen LogP contribution in [0.3, 0.4) is 0 Å². The van der Waals surface area contributed by atoms with Crippen molar-refractivity contribution in [2.45, 2.75) is 26.8 Å². The number of hydrogen-bond acceptors (Lipinski definition) is 4. The van der Waals surface area contributed by atoms with Crippen LogP contribution in [0, 0.1) is 0 Å². The average molecular weight is 273 g/mol. The smallest absolute Gasteiger partial charge is 0.326 e. The molecule has 19 heavy (non-hydrogen) atoms. The lowest BCUT2D eigenvalue weighted by Crippen LogP contribution is -2.50. The van der Waals surface area contributed by atoms with Crippen LogP contribution in [-0.2, 0) is 19.2 Å². The van der Waals surface area contributed by atoms with Crippen molar-refractivity contribution in [3.05, 3.63) is 0 Å². The summed E-state index contributed by atoms with van der Waals surface area (Å²) < 4.78 is 0. The third-order valence-corrected chi connectivity index (χ3v) is 2.36. The largest absolute Gasteiger partial charge is 0.480 e. The molecule has 3 N–H and O–H groups in total. The second kappa shape index (κ2) is 8.06. The third kappa shape index (κ3) is 7.02. The Kier molecular flexibility index (Phi) is 7.16. The van der Waals surface area contributed by atoms with Gasteiger partial charge >= 0.3 is 5.97 Å². The number of carbonyl (C=O) groups is 4. The number of carboxylic acid groups (broad SMARTS) is 1. The molecule has 0 radical (unpaired) electrons. The maximum atomic E-state index is 11.8. The highest BCUT2D eigenvalue weighted by Crippen LogP contribution is 1.99. The quantitative estimate of drug-likeness (QED) is 0.525. The van der Waals surface area contributed by atoms with Gasteiger partial charge in [-0.05, 0) is 6.92 Å². The Morgan fingerprint density at radius 1 is 1.11 bits per heavy atom. The van der Waals surface area contributed by atoms with Crippen molar-refractivity contribution >= 4 is 23.7 Å². The second-order valence-electron chi connectivity index (χ2n) is 3.99. The number of rotatable bonds is 7. The molecule has 0 saturated heterocycles. The fourth-order valence-electron chi connectivity index (χ4n) is 1.32. The van der Waals surface area contributed by atoms with Crippen LogP contribution in [0.1, 0.15) is 20.8 Å². The Balaban J connectivity index is 4.56. The van der Waals surface area contributed by atoms with Crippen LogP contribution in [0.4, 0.5) is 0 Å². The second-order valence-corrected chi connectivity index (χ2v) is 3.99. The van der Waals surface area contributed by atoms with Gasteiger partial charge in [0.15, 0.2) is 0 Å². The summed E-state index contributed by atoms with van der Waals surface area (Å²) in [5, 5.41) is 13.7. The first-order valence-corrected chi connectivity index (χ1v) is 5.76. The van der Waals surface area contributed by atoms with Gasteiger partial charge in [0.25, 0.3) is 0 Å². The highest BCUT2D eigenvalue weighted by molar-refractivity contribution is 5.87. The molecule has 8 nitrogen and oxygen atoms in total. The molecular formula is C11H19N3O5. The highest BCUT2D eigenvalue weighted by Gasteiger charge is 2.25. The maximum absolute atomic E-state index is 11.8. The predicted octanol–water partition coefficient (Wildman–Crippen LogP) is -1.44. The van der Waals surface area contributed by atoms with Gasteiger partial charge in [0.1, 0.15) is 6.04 Å². The Morgan fingerprint density at radius 2 is 1.63 bits per heavy atom. The molecule has 0 spiro atoms. The van der Waals surface area contributed by atoms with E-state index in [9.17, 15) is 19.2 Å². The highest BCUT2D eigenvalue weighted by atomic mass is 16.4. The van der Waals surface area contributed by atoms with Gasteiger partial charge in [-0.15, -0.1) is 0 Å². The van der Waals surface area contributed by atoms with Gasteiger partial charge < -0.3 is 20.6 Å². The number of hydrogen-bond donors (Lipinski definition) is 3. The number of carboxylic acids is 1. The van der Waals surface area contributed by atoms with E-state index in [1.807, 2.05) is 0 Å². The summed E-state index contributed by atoms with van der Waals surface area (Å²) in [5.41, 5.74) is 0. The number of amides is 3. The summed E-state index contributed by atoms with van der Waals surface area (Å²) in [6.45, 7) is 3.89. The van der Waals surface area contributed by atoms with E-state index in [0.717, 1.165) is 4.90 Å². The molecule has 0 aliphatic carbocycles. The molecule has 108 valence electrons. The van der Waals surface area contributed by atoms with Crippen molar-refractivity contribution in [3.8, 4) is 0 Å². The van der Waals surface area contributed by atoms with E-state index >= 15 is 0 Å². The molecule has 3 amide bonds. The van der Waals surface area contributed by atoms with Crippen molar-refractivity contribution < 1.29 is 24.3 Å². The Bertz CT molecular complexity index is 369. The van der Waals surface area contributed by atoms with Gasteiger partial charge in [-0.2, -0.15) is 0 Å². The van der Waals surface area contributed by atoms with Crippen LogP contribution in [0.25, 0.3) is 0 Å². The maximum Gasteiger partial charge on any atom is 0.326 e. The summed E-state index contributed by atoms with van der Waals surface area (Å²) in [6, 6.07) is -1.03. The molecular weight excluding hydrogens is 254 g/mol. The van der Waals surface area contributed by atoms with Gasteiger partial charge in [0.05, 0.1) is 6.54 Å². The van der Waals surface area contributed by atoms with E-state index in [1.54, 1.807) is 0 Å². The predicted molar refractivity (Wildman–Crippen MR) is 66.2 cm³/mol. The van der Waals surface area contributed by atoms with Crippen LogP contribution in [0.5, 0.6) is 0 Å². The van der Waals surface area contributed by atoms with E-state index in [4.69, 9.17) is 5.11 Å². The minimum atomic E-state index is -1.15. The summed E-state index contributed by atoms with van der Waals surface area (Å²) in [4.78, 5) is 45.3. The molecule has 0 heterocycles. The molecule has 0 saturated carbocycles. The van der Waals surface area contributed by atoms with Crippen molar-refractivity contribution in [1.82, 2.24) is 15.5 Å². The number of nitrogens with zero attached hydrogens (tertiary/aromatic N) is 1. The Hall–Kier alpha value is -2.12. The lowest BCUT2D eigenvalue weighted by molar-refractivity contribution is -0.149. The zero-order valence-electron chi connectivity index (χ0n) is 11.2. The molecule has 0 fully saturated rings. The zero-order chi connectivity index (χ0) is 15.0. The van der Waals surface area contributed by atoms with Gasteiger partial charge in [-0.25, -0.2) is 4.79 Å². The fourth-order valence-corrected chi connectivity index (χ4v) is 1.32. The molecule has 0 aromatic carbocycles. The summed E-state index contributed by atoms with van der Waals surface area (Å²) in [7, 11) is 0. The summed E-state index contributed by atoms with van der Waals surface area (Å²) in [6.07, 6.45) is 0. The lowest BCUT2D eigenvalue weighted by atomic mass is 10.2. The van der Waals surface area contributed by atoms with E-state index in [2.05, 4.69) is 10.6 Å². The molecule has 1 unspecified atom stereocenters. The van der Waals surface area contributed by atoms with Crippen LogP contribution >= 0.6 is 0 Å². The topological polar surface area (TPSA) is 116 Å². The van der Waals surface area contributed by atoms with Crippen LogP contribution in [0.2, 0.25) is 0 Å². The number of carbonyl (C=O) groups excluding carboxylic acids is 3. The lowest BCUT2D eigenvalue weighted by Gasteiger charge is -2.26. The third-order valence-electron chi connectivity index (χ3n) is 2.36. The average Bonchev–Trinajstić information content (AvgIpc) is 2.30. The van der Waals surface area contributed by atoms with E-state index < -0.39 is 17.9 Å². The molecule has 0 aliphatic rings. The van der Waals surface area contributed by atoms with Crippen molar-refractivity contribution in [2.75, 3.05) is 19.6 Å². The molecule has 1 atom stereocenters. The van der Waals surface area contributed by atoms with Crippen molar-refractivity contribution in [2.24, 2.45) is 0 Å². The van der Waals surface area contributed by atoms with Crippen molar-refractivity contribution in [3.63, 3.8) is 0 Å². The van der Waals surface area contributed by atoms with Gasteiger partial charge in [0, 0.05) is 26.9 Å². The Labute approximate surface area is 111 Å². The Morgan fingerprint density at radius 3 is 2.05 bits per heavy atom. The van der Waals surface area contributed by atoms with Gasteiger partial charge in [-0.3, -0.25) is 14.4 Å². The number of nitrogens with one attached hydrogen (secondary N) is 2. The van der Waals surface area contributed by atoms with E-state index in [1.165, 1.54) is 20.8 Å². The standard InChI is InChI=1S/C11H19N3O5/c1-7(11(18)19)14(5-4-12-8(2)15)10(17)6-13-9(3)16/h7H,4-6H2,1-3H3,(H,12,15)(H,13,16)(H,18,19). The van der Waals surface area contributed by atoms with Crippen LogP contribution < -0.4 is 10.6 Å². The molecule has 0 aliphatic heterocycles. The fraction of sp³-hybridized carbons (Fsp3) is 0.636. The first-order chi connectivity index (χ1) is 8.75. The zero-order valence-corrected chi connectivity index (χ0v) is 11.2. The van der Waals surface area contributed by atoms with Crippen molar-refractivity contribution in [1.29, 1.82) is 0 Å².